The average molecular weight is 341 g/mol. The molecular formula is C12H9BrN2O3S. The predicted molar refractivity (Wildman–Crippen MR) is 75.5 cm³/mol. The molecule has 5 nitrogen and oxygen atoms in total. The summed E-state index contributed by atoms with van der Waals surface area (Å²) < 4.78 is 0.891. The quantitative estimate of drug-likeness (QED) is 0.896. The Morgan fingerprint density at radius 2 is 2.00 bits per heavy atom. The molecule has 0 saturated carbocycles. The van der Waals surface area contributed by atoms with Gasteiger partial charge in [0.15, 0.2) is 5.13 Å². The van der Waals surface area contributed by atoms with Crippen LogP contribution in [0.5, 0.6) is 0 Å². The molecule has 0 spiro atoms. The van der Waals surface area contributed by atoms with E-state index in [2.05, 4.69) is 26.2 Å². The molecule has 1 amide bonds. The number of carbonyl (C=O) groups is 2. The Labute approximate surface area is 121 Å². The fourth-order valence-electron chi connectivity index (χ4n) is 1.37. The molecule has 0 bridgehead atoms. The summed E-state index contributed by atoms with van der Waals surface area (Å²) in [4.78, 5) is 26.4. The van der Waals surface area contributed by atoms with Gasteiger partial charge < -0.3 is 5.11 Å². The highest BCUT2D eigenvalue weighted by atomic mass is 79.9. The number of anilines is 1. The summed E-state index contributed by atoms with van der Waals surface area (Å²) in [5.41, 5.74) is 0.946. The number of carboxylic acids is 1. The summed E-state index contributed by atoms with van der Waals surface area (Å²) in [6, 6.07) is 6.91. The van der Waals surface area contributed by atoms with Crippen molar-refractivity contribution in [2.75, 3.05) is 5.32 Å². The molecule has 2 N–H and O–H groups in total. The number of amides is 1. The van der Waals surface area contributed by atoms with Gasteiger partial charge in [0.25, 0.3) is 5.91 Å². The van der Waals surface area contributed by atoms with E-state index in [0.717, 1.165) is 4.47 Å². The molecule has 2 aromatic rings. The molecule has 2 rings (SSSR count). The van der Waals surface area contributed by atoms with E-state index in [0.29, 0.717) is 16.4 Å². The van der Waals surface area contributed by atoms with E-state index in [1.165, 1.54) is 11.3 Å². The minimum absolute atomic E-state index is 0.148. The van der Waals surface area contributed by atoms with E-state index in [1.54, 1.807) is 29.6 Å². The van der Waals surface area contributed by atoms with E-state index >= 15 is 0 Å². The zero-order valence-corrected chi connectivity index (χ0v) is 12.0. The molecule has 1 aromatic heterocycles. The first-order valence-corrected chi connectivity index (χ1v) is 6.95. The van der Waals surface area contributed by atoms with Crippen LogP contribution in [0.4, 0.5) is 5.13 Å². The molecule has 0 radical (unpaired) electrons. The summed E-state index contributed by atoms with van der Waals surface area (Å²) in [6.45, 7) is 0. The fraction of sp³-hybridized carbons (Fsp3) is 0.0833. The van der Waals surface area contributed by atoms with E-state index in [1.807, 2.05) is 0 Å². The van der Waals surface area contributed by atoms with Crippen LogP contribution in [0.2, 0.25) is 0 Å². The van der Waals surface area contributed by atoms with Crippen molar-refractivity contribution < 1.29 is 14.7 Å². The number of aliphatic carboxylic acids is 1. The van der Waals surface area contributed by atoms with Gasteiger partial charge in [-0.05, 0) is 24.3 Å². The van der Waals surface area contributed by atoms with Crippen LogP contribution in [0, 0.1) is 0 Å². The lowest BCUT2D eigenvalue weighted by molar-refractivity contribution is -0.136. The Bertz CT molecular complexity index is 610. The van der Waals surface area contributed by atoms with Crippen LogP contribution >= 0.6 is 27.3 Å². The summed E-state index contributed by atoms with van der Waals surface area (Å²) in [5.74, 6) is -1.22. The Balaban J connectivity index is 2.04. The molecule has 0 aliphatic heterocycles. The number of thiazole rings is 1. The van der Waals surface area contributed by atoms with Gasteiger partial charge in [-0.25, -0.2) is 4.98 Å². The van der Waals surface area contributed by atoms with Crippen LogP contribution in [0.25, 0.3) is 0 Å². The maximum atomic E-state index is 11.9. The first-order chi connectivity index (χ1) is 9.04. The van der Waals surface area contributed by atoms with Gasteiger partial charge >= 0.3 is 5.97 Å². The lowest BCUT2D eigenvalue weighted by atomic mass is 10.2. The minimum atomic E-state index is -0.948. The summed E-state index contributed by atoms with van der Waals surface area (Å²) in [7, 11) is 0. The van der Waals surface area contributed by atoms with Crippen LogP contribution in [-0.2, 0) is 11.2 Å². The van der Waals surface area contributed by atoms with Crippen LogP contribution in [-0.4, -0.2) is 22.0 Å². The van der Waals surface area contributed by atoms with Gasteiger partial charge in [0.05, 0.1) is 12.1 Å². The number of nitrogens with one attached hydrogen (secondary N) is 1. The number of benzene rings is 1. The zero-order valence-electron chi connectivity index (χ0n) is 9.59. The van der Waals surface area contributed by atoms with Crippen LogP contribution in [0.3, 0.4) is 0 Å². The van der Waals surface area contributed by atoms with Crippen molar-refractivity contribution in [2.24, 2.45) is 0 Å². The second kappa shape index (κ2) is 5.94. The van der Waals surface area contributed by atoms with Crippen molar-refractivity contribution in [1.29, 1.82) is 0 Å². The van der Waals surface area contributed by atoms with Gasteiger partial charge in [0.2, 0.25) is 0 Å². The fourth-order valence-corrected chi connectivity index (χ4v) is 2.34. The second-order valence-corrected chi connectivity index (χ2v) is 5.45. The molecule has 0 aliphatic carbocycles. The van der Waals surface area contributed by atoms with Crippen molar-refractivity contribution in [3.63, 3.8) is 0 Å². The molecule has 0 atom stereocenters. The van der Waals surface area contributed by atoms with Gasteiger partial charge in [-0.15, -0.1) is 11.3 Å². The maximum absolute atomic E-state index is 11.9. The van der Waals surface area contributed by atoms with Gasteiger partial charge in [-0.1, -0.05) is 15.9 Å². The summed E-state index contributed by atoms with van der Waals surface area (Å²) in [5, 5.41) is 13.3. The van der Waals surface area contributed by atoms with Crippen LogP contribution in [0.1, 0.15) is 16.1 Å². The van der Waals surface area contributed by atoms with Gasteiger partial charge in [0.1, 0.15) is 0 Å². The van der Waals surface area contributed by atoms with E-state index in [-0.39, 0.29) is 12.3 Å². The number of nitrogens with zero attached hydrogens (tertiary/aromatic N) is 1. The number of carboxylic acid groups (broad SMARTS) is 1. The Morgan fingerprint density at radius 1 is 1.32 bits per heavy atom. The highest BCUT2D eigenvalue weighted by molar-refractivity contribution is 9.10. The highest BCUT2D eigenvalue weighted by Gasteiger charge is 2.10. The smallest absolute Gasteiger partial charge is 0.309 e. The van der Waals surface area contributed by atoms with Crippen molar-refractivity contribution in [2.45, 2.75) is 6.42 Å². The normalized spacial score (nSPS) is 10.2. The molecule has 0 aliphatic rings. The van der Waals surface area contributed by atoms with Crippen molar-refractivity contribution in [1.82, 2.24) is 4.98 Å². The Morgan fingerprint density at radius 3 is 2.63 bits per heavy atom. The number of hydrogen-bond donors (Lipinski definition) is 2. The van der Waals surface area contributed by atoms with Crippen molar-refractivity contribution >= 4 is 44.3 Å². The van der Waals surface area contributed by atoms with E-state index in [4.69, 9.17) is 5.11 Å². The molecular weight excluding hydrogens is 332 g/mol. The molecule has 1 aromatic carbocycles. The molecule has 0 unspecified atom stereocenters. The van der Waals surface area contributed by atoms with Crippen LogP contribution in [0.15, 0.2) is 34.1 Å². The van der Waals surface area contributed by atoms with Gasteiger partial charge in [-0.3, -0.25) is 14.9 Å². The van der Waals surface area contributed by atoms with E-state index in [9.17, 15) is 9.59 Å². The Kier molecular flexibility index (Phi) is 4.28. The SMILES string of the molecule is O=C(O)Cc1csc(NC(=O)c2ccc(Br)cc2)n1. The third-order valence-electron chi connectivity index (χ3n) is 2.21. The molecule has 7 heteroatoms. The zero-order chi connectivity index (χ0) is 13.8. The summed E-state index contributed by atoms with van der Waals surface area (Å²) in [6.07, 6.45) is -0.148. The second-order valence-electron chi connectivity index (χ2n) is 3.68. The Hall–Kier alpha value is -1.73. The summed E-state index contributed by atoms with van der Waals surface area (Å²) >= 11 is 4.49. The number of hydrogen-bond acceptors (Lipinski definition) is 4. The maximum Gasteiger partial charge on any atom is 0.309 e. The van der Waals surface area contributed by atoms with Crippen molar-refractivity contribution in [3.05, 3.63) is 45.4 Å². The monoisotopic (exact) mass is 340 g/mol. The topological polar surface area (TPSA) is 79.3 Å². The lowest BCUT2D eigenvalue weighted by Gasteiger charge is -2.01. The van der Waals surface area contributed by atoms with E-state index < -0.39 is 5.97 Å². The average Bonchev–Trinajstić information content (AvgIpc) is 2.76. The third-order valence-corrected chi connectivity index (χ3v) is 3.55. The largest absolute Gasteiger partial charge is 0.481 e. The highest BCUT2D eigenvalue weighted by Crippen LogP contribution is 2.17. The molecule has 0 fully saturated rings. The minimum Gasteiger partial charge on any atom is -0.481 e. The number of rotatable bonds is 4. The first kappa shape index (κ1) is 13.7. The van der Waals surface area contributed by atoms with Gasteiger partial charge in [-0.2, -0.15) is 0 Å². The number of aromatic nitrogens is 1. The molecule has 98 valence electrons. The standard InChI is InChI=1S/C12H9BrN2O3S/c13-8-3-1-7(2-4-8)11(18)15-12-14-9(6-19-12)5-10(16)17/h1-4,6H,5H2,(H,16,17)(H,14,15,18). The molecule has 1 heterocycles. The van der Waals surface area contributed by atoms with Crippen LogP contribution < -0.4 is 5.32 Å². The third kappa shape index (κ3) is 3.87. The number of halogens is 1. The first-order valence-electron chi connectivity index (χ1n) is 5.28. The van der Waals surface area contributed by atoms with Gasteiger partial charge in [0, 0.05) is 15.4 Å². The predicted octanol–water partition coefficient (Wildman–Crippen LogP) is 2.79. The van der Waals surface area contributed by atoms with Crippen molar-refractivity contribution in [3.8, 4) is 0 Å². The molecule has 0 saturated heterocycles. The number of carbonyl (C=O) groups excluding carboxylic acids is 1. The lowest BCUT2D eigenvalue weighted by Crippen LogP contribution is -2.11. The molecule has 19 heavy (non-hydrogen) atoms.